The van der Waals surface area contributed by atoms with Gasteiger partial charge in [0, 0.05) is 32.4 Å². The SMILES string of the molecule is O=S(=O)(c1cn[nH]c1)N1CCN(c2ccccc2F)CC1. The molecule has 0 bridgehead atoms. The minimum absolute atomic E-state index is 0.154. The van der Waals surface area contributed by atoms with Crippen molar-refractivity contribution in [2.45, 2.75) is 4.90 Å². The topological polar surface area (TPSA) is 69.3 Å². The van der Waals surface area contributed by atoms with E-state index in [0.717, 1.165) is 0 Å². The third kappa shape index (κ3) is 2.64. The van der Waals surface area contributed by atoms with Crippen LogP contribution < -0.4 is 4.90 Å². The van der Waals surface area contributed by atoms with Crippen molar-refractivity contribution in [1.29, 1.82) is 0 Å². The Morgan fingerprint density at radius 3 is 2.48 bits per heavy atom. The second-order valence-electron chi connectivity index (χ2n) is 4.78. The number of nitrogens with one attached hydrogen (secondary N) is 1. The molecule has 0 unspecified atom stereocenters. The van der Waals surface area contributed by atoms with Gasteiger partial charge in [-0.3, -0.25) is 5.10 Å². The van der Waals surface area contributed by atoms with Gasteiger partial charge >= 0.3 is 0 Å². The summed E-state index contributed by atoms with van der Waals surface area (Å²) in [7, 11) is -3.52. The van der Waals surface area contributed by atoms with Crippen molar-refractivity contribution < 1.29 is 12.8 Å². The standard InChI is InChI=1S/C13H15FN4O2S/c14-12-3-1-2-4-13(12)17-5-7-18(8-6-17)21(19,20)11-9-15-16-10-11/h1-4,9-10H,5-8H2,(H,15,16). The summed E-state index contributed by atoms with van der Waals surface area (Å²) in [4.78, 5) is 2.01. The molecule has 8 heteroatoms. The molecule has 1 aliphatic rings. The lowest BCUT2D eigenvalue weighted by Gasteiger charge is -2.35. The average Bonchev–Trinajstić information content (AvgIpc) is 3.03. The number of rotatable bonds is 3. The largest absolute Gasteiger partial charge is 0.367 e. The zero-order valence-electron chi connectivity index (χ0n) is 11.2. The monoisotopic (exact) mass is 310 g/mol. The second kappa shape index (κ2) is 5.45. The van der Waals surface area contributed by atoms with E-state index in [4.69, 9.17) is 0 Å². The number of aromatic amines is 1. The van der Waals surface area contributed by atoms with Gasteiger partial charge in [-0.25, -0.2) is 12.8 Å². The number of piperazine rings is 1. The van der Waals surface area contributed by atoms with Crippen LogP contribution in [0.15, 0.2) is 41.6 Å². The van der Waals surface area contributed by atoms with Gasteiger partial charge in [0.05, 0.1) is 11.9 Å². The Balaban J connectivity index is 1.73. The number of sulfonamides is 1. The van der Waals surface area contributed by atoms with Crippen LogP contribution in [0.1, 0.15) is 0 Å². The number of aromatic nitrogens is 2. The van der Waals surface area contributed by atoms with Crippen molar-refractivity contribution in [3.63, 3.8) is 0 Å². The van der Waals surface area contributed by atoms with Crippen LogP contribution in [0.5, 0.6) is 0 Å². The predicted molar refractivity (Wildman–Crippen MR) is 76.0 cm³/mol. The summed E-state index contributed by atoms with van der Waals surface area (Å²) < 4.78 is 39.8. The molecule has 21 heavy (non-hydrogen) atoms. The first-order valence-electron chi connectivity index (χ1n) is 6.57. The molecule has 0 aliphatic carbocycles. The molecule has 1 aromatic heterocycles. The van der Waals surface area contributed by atoms with Crippen molar-refractivity contribution in [2.75, 3.05) is 31.1 Å². The fraction of sp³-hybridized carbons (Fsp3) is 0.308. The van der Waals surface area contributed by atoms with Crippen LogP contribution in [-0.4, -0.2) is 49.1 Å². The highest BCUT2D eigenvalue weighted by Crippen LogP contribution is 2.22. The molecule has 112 valence electrons. The molecule has 1 aromatic carbocycles. The summed E-state index contributed by atoms with van der Waals surface area (Å²) in [6, 6.07) is 6.52. The number of halogens is 1. The normalized spacial score (nSPS) is 17.1. The van der Waals surface area contributed by atoms with Crippen LogP contribution >= 0.6 is 0 Å². The Hall–Kier alpha value is -1.93. The molecule has 0 atom stereocenters. The van der Waals surface area contributed by atoms with Crippen LogP contribution in [0.4, 0.5) is 10.1 Å². The molecular formula is C13H15FN4O2S. The molecule has 0 amide bonds. The molecular weight excluding hydrogens is 295 g/mol. The maximum absolute atomic E-state index is 13.7. The van der Waals surface area contributed by atoms with Crippen molar-refractivity contribution in [2.24, 2.45) is 0 Å². The number of hydrogen-bond acceptors (Lipinski definition) is 4. The van der Waals surface area contributed by atoms with Crippen molar-refractivity contribution in [3.05, 3.63) is 42.5 Å². The lowest BCUT2D eigenvalue weighted by molar-refractivity contribution is 0.383. The van der Waals surface area contributed by atoms with Gasteiger partial charge in [-0.05, 0) is 12.1 Å². The Labute approximate surface area is 122 Å². The Morgan fingerprint density at radius 1 is 1.14 bits per heavy atom. The van der Waals surface area contributed by atoms with Crippen molar-refractivity contribution >= 4 is 15.7 Å². The van der Waals surface area contributed by atoms with Crippen LogP contribution in [0.25, 0.3) is 0 Å². The van der Waals surface area contributed by atoms with Gasteiger partial charge in [0.2, 0.25) is 10.0 Å². The number of H-pyrrole nitrogens is 1. The lowest BCUT2D eigenvalue weighted by atomic mass is 10.2. The number of para-hydroxylation sites is 1. The van der Waals surface area contributed by atoms with Gasteiger partial charge in [-0.15, -0.1) is 0 Å². The molecule has 1 aliphatic heterocycles. The quantitative estimate of drug-likeness (QED) is 0.920. The Kier molecular flexibility index (Phi) is 3.64. The fourth-order valence-corrected chi connectivity index (χ4v) is 3.74. The van der Waals surface area contributed by atoms with Crippen LogP contribution in [0, 0.1) is 5.82 Å². The number of anilines is 1. The number of benzene rings is 1. The predicted octanol–water partition coefficient (Wildman–Crippen LogP) is 1.06. The maximum atomic E-state index is 13.7. The van der Waals surface area contributed by atoms with Gasteiger partial charge < -0.3 is 4.90 Å². The molecule has 6 nitrogen and oxygen atoms in total. The average molecular weight is 310 g/mol. The van der Waals surface area contributed by atoms with E-state index >= 15 is 0 Å². The lowest BCUT2D eigenvalue weighted by Crippen LogP contribution is -2.48. The van der Waals surface area contributed by atoms with E-state index in [-0.39, 0.29) is 10.7 Å². The van der Waals surface area contributed by atoms with E-state index < -0.39 is 10.0 Å². The Bertz CT molecular complexity index is 710. The fourth-order valence-electron chi connectivity index (χ4n) is 2.41. The molecule has 2 heterocycles. The number of nitrogens with zero attached hydrogens (tertiary/aromatic N) is 3. The van der Waals surface area contributed by atoms with Gasteiger partial charge in [-0.1, -0.05) is 12.1 Å². The molecule has 0 saturated carbocycles. The summed E-state index contributed by atoms with van der Waals surface area (Å²) in [5.74, 6) is -0.288. The summed E-state index contributed by atoms with van der Waals surface area (Å²) >= 11 is 0. The first kappa shape index (κ1) is 14.0. The van der Waals surface area contributed by atoms with E-state index in [1.807, 2.05) is 4.90 Å². The summed E-state index contributed by atoms with van der Waals surface area (Å²) in [6.45, 7) is 1.56. The second-order valence-corrected chi connectivity index (χ2v) is 6.71. The Morgan fingerprint density at radius 2 is 1.86 bits per heavy atom. The molecule has 1 N–H and O–H groups in total. The third-order valence-electron chi connectivity index (χ3n) is 3.54. The molecule has 0 spiro atoms. The van der Waals surface area contributed by atoms with Crippen LogP contribution in [0.2, 0.25) is 0 Å². The summed E-state index contributed by atoms with van der Waals surface area (Å²) in [5.41, 5.74) is 0.512. The minimum Gasteiger partial charge on any atom is -0.367 e. The minimum atomic E-state index is -3.52. The van der Waals surface area contributed by atoms with E-state index in [1.54, 1.807) is 18.2 Å². The van der Waals surface area contributed by atoms with Crippen LogP contribution in [-0.2, 0) is 10.0 Å². The van der Waals surface area contributed by atoms with Gasteiger partial charge in [0.1, 0.15) is 10.7 Å². The van der Waals surface area contributed by atoms with E-state index in [1.165, 1.54) is 22.8 Å². The molecule has 1 saturated heterocycles. The van der Waals surface area contributed by atoms with Crippen molar-refractivity contribution in [3.8, 4) is 0 Å². The summed E-state index contributed by atoms with van der Waals surface area (Å²) in [5, 5.41) is 6.17. The highest BCUT2D eigenvalue weighted by Gasteiger charge is 2.29. The van der Waals surface area contributed by atoms with Gasteiger partial charge in [0.25, 0.3) is 0 Å². The van der Waals surface area contributed by atoms with E-state index in [2.05, 4.69) is 10.2 Å². The summed E-state index contributed by atoms with van der Waals surface area (Å²) in [6.07, 6.45) is 2.65. The highest BCUT2D eigenvalue weighted by atomic mass is 32.2. The molecule has 3 rings (SSSR count). The zero-order chi connectivity index (χ0) is 14.9. The first-order chi connectivity index (χ1) is 10.1. The number of hydrogen-bond donors (Lipinski definition) is 1. The van der Waals surface area contributed by atoms with Gasteiger partial charge in [0.15, 0.2) is 0 Å². The highest BCUT2D eigenvalue weighted by molar-refractivity contribution is 7.89. The van der Waals surface area contributed by atoms with E-state index in [9.17, 15) is 12.8 Å². The van der Waals surface area contributed by atoms with Crippen molar-refractivity contribution in [1.82, 2.24) is 14.5 Å². The third-order valence-corrected chi connectivity index (χ3v) is 5.41. The first-order valence-corrected chi connectivity index (χ1v) is 8.01. The molecule has 0 radical (unpaired) electrons. The molecule has 1 fully saturated rings. The molecule has 2 aromatic rings. The zero-order valence-corrected chi connectivity index (χ0v) is 12.1. The van der Waals surface area contributed by atoms with E-state index in [0.29, 0.717) is 31.9 Å². The maximum Gasteiger partial charge on any atom is 0.246 e. The van der Waals surface area contributed by atoms with Gasteiger partial charge in [-0.2, -0.15) is 9.40 Å². The smallest absolute Gasteiger partial charge is 0.246 e. The van der Waals surface area contributed by atoms with Crippen LogP contribution in [0.3, 0.4) is 0 Å².